The molecule has 2 heterocycles. The Morgan fingerprint density at radius 3 is 2.54 bits per heavy atom. The third-order valence-corrected chi connectivity index (χ3v) is 4.48. The summed E-state index contributed by atoms with van der Waals surface area (Å²) in [7, 11) is 0. The number of piperazine rings is 1. The van der Waals surface area contributed by atoms with Gasteiger partial charge in [0.05, 0.1) is 5.69 Å². The van der Waals surface area contributed by atoms with E-state index in [0.717, 1.165) is 18.9 Å². The van der Waals surface area contributed by atoms with Crippen LogP contribution < -0.4 is 15.1 Å². The molecule has 3 rings (SSSR count). The molecule has 1 saturated heterocycles. The highest BCUT2D eigenvalue weighted by atomic mass is 19.1. The van der Waals surface area contributed by atoms with Gasteiger partial charge in [-0.2, -0.15) is 0 Å². The number of pyridine rings is 1. The quantitative estimate of drug-likeness (QED) is 0.895. The second kappa shape index (κ2) is 8.17. The van der Waals surface area contributed by atoms with E-state index in [1.165, 1.54) is 6.07 Å². The molecule has 138 valence electrons. The number of para-hydroxylation sites is 1. The third kappa shape index (κ3) is 4.31. The van der Waals surface area contributed by atoms with E-state index in [1.807, 2.05) is 23.1 Å². The largest absolute Gasteiger partial charge is 0.366 e. The molecule has 26 heavy (non-hydrogen) atoms. The van der Waals surface area contributed by atoms with Gasteiger partial charge in [0, 0.05) is 44.5 Å². The second-order valence-corrected chi connectivity index (χ2v) is 6.93. The number of amides is 1. The molecule has 6 heteroatoms. The fourth-order valence-corrected chi connectivity index (χ4v) is 3.02. The van der Waals surface area contributed by atoms with E-state index in [9.17, 15) is 9.18 Å². The van der Waals surface area contributed by atoms with E-state index in [4.69, 9.17) is 0 Å². The number of aromatic nitrogens is 1. The first-order valence-electron chi connectivity index (χ1n) is 9.03. The predicted molar refractivity (Wildman–Crippen MR) is 102 cm³/mol. The van der Waals surface area contributed by atoms with E-state index in [0.29, 0.717) is 36.8 Å². The van der Waals surface area contributed by atoms with Gasteiger partial charge in [0.2, 0.25) is 0 Å². The van der Waals surface area contributed by atoms with E-state index in [-0.39, 0.29) is 11.7 Å². The molecule has 5 nitrogen and oxygen atoms in total. The molecule has 1 N–H and O–H groups in total. The summed E-state index contributed by atoms with van der Waals surface area (Å²) in [6, 6.07) is 10.4. The summed E-state index contributed by atoms with van der Waals surface area (Å²) in [4.78, 5) is 20.8. The number of hydrogen-bond acceptors (Lipinski definition) is 4. The monoisotopic (exact) mass is 356 g/mol. The second-order valence-electron chi connectivity index (χ2n) is 6.93. The maximum atomic E-state index is 14.0. The Bertz CT molecular complexity index is 757. The Kier molecular flexibility index (Phi) is 5.71. The minimum atomic E-state index is -0.192. The van der Waals surface area contributed by atoms with Crippen LogP contribution in [0.2, 0.25) is 0 Å². The molecule has 0 bridgehead atoms. The first kappa shape index (κ1) is 18.2. The summed E-state index contributed by atoms with van der Waals surface area (Å²) >= 11 is 0. The van der Waals surface area contributed by atoms with Gasteiger partial charge in [-0.05, 0) is 30.2 Å². The van der Waals surface area contributed by atoms with Crippen molar-refractivity contribution in [1.29, 1.82) is 0 Å². The zero-order chi connectivity index (χ0) is 18.5. The molecule has 0 saturated carbocycles. The molecule has 1 aromatic carbocycles. The van der Waals surface area contributed by atoms with E-state index < -0.39 is 0 Å². The number of halogens is 1. The molecule has 0 atom stereocenters. The van der Waals surface area contributed by atoms with Gasteiger partial charge < -0.3 is 15.1 Å². The van der Waals surface area contributed by atoms with Crippen LogP contribution in [0.3, 0.4) is 0 Å². The fourth-order valence-electron chi connectivity index (χ4n) is 3.02. The van der Waals surface area contributed by atoms with Gasteiger partial charge in [-0.3, -0.25) is 4.79 Å². The minimum Gasteiger partial charge on any atom is -0.366 e. The summed E-state index contributed by atoms with van der Waals surface area (Å²) < 4.78 is 14.0. The van der Waals surface area contributed by atoms with Crippen molar-refractivity contribution in [2.75, 3.05) is 42.5 Å². The van der Waals surface area contributed by atoms with Crippen molar-refractivity contribution in [2.24, 2.45) is 5.92 Å². The standard InChI is InChI=1S/C20H25FN4O/c1-15(2)14-23-20(26)16-7-8-22-19(13-16)25-11-9-24(10-12-25)18-6-4-3-5-17(18)21/h3-8,13,15H,9-12,14H2,1-2H3,(H,23,26). The van der Waals surface area contributed by atoms with E-state index in [2.05, 4.69) is 29.0 Å². The predicted octanol–water partition coefficient (Wildman–Crippen LogP) is 2.93. The zero-order valence-corrected chi connectivity index (χ0v) is 15.3. The number of hydrogen-bond donors (Lipinski definition) is 1. The van der Waals surface area contributed by atoms with Crippen LogP contribution in [0.15, 0.2) is 42.6 Å². The molecular formula is C20H25FN4O. The van der Waals surface area contributed by atoms with Crippen LogP contribution >= 0.6 is 0 Å². The van der Waals surface area contributed by atoms with Gasteiger partial charge in [0.15, 0.2) is 0 Å². The Labute approximate surface area is 153 Å². The molecule has 1 aromatic heterocycles. The van der Waals surface area contributed by atoms with Gasteiger partial charge in [0.25, 0.3) is 5.91 Å². The molecule has 2 aromatic rings. The highest BCUT2D eigenvalue weighted by Gasteiger charge is 2.20. The molecule has 0 unspecified atom stereocenters. The maximum absolute atomic E-state index is 14.0. The summed E-state index contributed by atoms with van der Waals surface area (Å²) in [6.07, 6.45) is 1.67. The number of rotatable bonds is 5. The van der Waals surface area contributed by atoms with Crippen LogP contribution in [0, 0.1) is 11.7 Å². The van der Waals surface area contributed by atoms with Crippen molar-refractivity contribution in [1.82, 2.24) is 10.3 Å². The molecule has 1 fully saturated rings. The van der Waals surface area contributed by atoms with Crippen molar-refractivity contribution in [3.63, 3.8) is 0 Å². The lowest BCUT2D eigenvalue weighted by Gasteiger charge is -2.36. The first-order chi connectivity index (χ1) is 12.5. The van der Waals surface area contributed by atoms with Crippen molar-refractivity contribution >= 4 is 17.4 Å². The van der Waals surface area contributed by atoms with Crippen LogP contribution in [0.5, 0.6) is 0 Å². The average Bonchev–Trinajstić information content (AvgIpc) is 2.67. The summed E-state index contributed by atoms with van der Waals surface area (Å²) in [5, 5.41) is 2.93. The van der Waals surface area contributed by atoms with Crippen LogP contribution in [0.25, 0.3) is 0 Å². The topological polar surface area (TPSA) is 48.5 Å². The highest BCUT2D eigenvalue weighted by Crippen LogP contribution is 2.22. The highest BCUT2D eigenvalue weighted by molar-refractivity contribution is 5.94. The molecule has 0 spiro atoms. The normalized spacial score (nSPS) is 14.6. The maximum Gasteiger partial charge on any atom is 0.251 e. The van der Waals surface area contributed by atoms with Crippen molar-refractivity contribution < 1.29 is 9.18 Å². The van der Waals surface area contributed by atoms with Gasteiger partial charge in [0.1, 0.15) is 11.6 Å². The van der Waals surface area contributed by atoms with Crippen molar-refractivity contribution in [3.05, 3.63) is 54.0 Å². The Morgan fingerprint density at radius 2 is 1.85 bits per heavy atom. The van der Waals surface area contributed by atoms with Gasteiger partial charge in [-0.15, -0.1) is 0 Å². The summed E-state index contributed by atoms with van der Waals surface area (Å²) in [5.41, 5.74) is 1.26. The third-order valence-electron chi connectivity index (χ3n) is 4.48. The number of nitrogens with one attached hydrogen (secondary N) is 1. The molecule has 0 aliphatic carbocycles. The van der Waals surface area contributed by atoms with Crippen molar-refractivity contribution in [2.45, 2.75) is 13.8 Å². The minimum absolute atomic E-state index is 0.0765. The lowest BCUT2D eigenvalue weighted by Crippen LogP contribution is -2.47. The Morgan fingerprint density at radius 1 is 1.15 bits per heavy atom. The molecule has 0 radical (unpaired) electrons. The molecular weight excluding hydrogens is 331 g/mol. The number of carbonyl (C=O) groups excluding carboxylic acids is 1. The average molecular weight is 356 g/mol. The van der Waals surface area contributed by atoms with Crippen LogP contribution in [0.1, 0.15) is 24.2 Å². The number of benzene rings is 1. The zero-order valence-electron chi connectivity index (χ0n) is 15.3. The lowest BCUT2D eigenvalue weighted by atomic mass is 10.2. The van der Waals surface area contributed by atoms with Crippen molar-refractivity contribution in [3.8, 4) is 0 Å². The molecule has 1 aliphatic rings. The van der Waals surface area contributed by atoms with Gasteiger partial charge >= 0.3 is 0 Å². The summed E-state index contributed by atoms with van der Waals surface area (Å²) in [5.74, 6) is 0.928. The Balaban J connectivity index is 1.63. The Hall–Kier alpha value is -2.63. The molecule has 1 aliphatic heterocycles. The van der Waals surface area contributed by atoms with Crippen LogP contribution in [0.4, 0.5) is 15.9 Å². The van der Waals surface area contributed by atoms with Gasteiger partial charge in [-0.25, -0.2) is 9.37 Å². The van der Waals surface area contributed by atoms with Gasteiger partial charge in [-0.1, -0.05) is 26.0 Å². The SMILES string of the molecule is CC(C)CNC(=O)c1ccnc(N2CCN(c3ccccc3F)CC2)c1. The number of anilines is 2. The first-order valence-corrected chi connectivity index (χ1v) is 9.03. The van der Waals surface area contributed by atoms with Crippen LogP contribution in [-0.2, 0) is 0 Å². The number of nitrogens with zero attached hydrogens (tertiary/aromatic N) is 3. The number of carbonyl (C=O) groups is 1. The molecule has 1 amide bonds. The smallest absolute Gasteiger partial charge is 0.251 e. The lowest BCUT2D eigenvalue weighted by molar-refractivity contribution is 0.0949. The van der Waals surface area contributed by atoms with E-state index in [1.54, 1.807) is 18.3 Å². The van der Waals surface area contributed by atoms with Crippen LogP contribution in [-0.4, -0.2) is 43.6 Å². The van der Waals surface area contributed by atoms with E-state index >= 15 is 0 Å². The summed E-state index contributed by atoms with van der Waals surface area (Å²) in [6.45, 7) is 7.67. The fraction of sp³-hybridized carbons (Fsp3) is 0.400.